The van der Waals surface area contributed by atoms with Gasteiger partial charge in [-0.15, -0.1) is 0 Å². The third kappa shape index (κ3) is 6.18. The molecule has 0 aliphatic carbocycles. The number of amides is 2. The number of ether oxygens (including phenoxy) is 1. The molecule has 1 aromatic rings. The average molecular weight is 380 g/mol. The van der Waals surface area contributed by atoms with Gasteiger partial charge in [0.2, 0.25) is 11.8 Å². The first kappa shape index (κ1) is 21.1. The Morgan fingerprint density at radius 3 is 2.37 bits per heavy atom. The van der Waals surface area contributed by atoms with Crippen LogP contribution in [-0.4, -0.2) is 80.6 Å². The number of anilines is 1. The van der Waals surface area contributed by atoms with Gasteiger partial charge in [-0.25, -0.2) is 4.39 Å². The number of hydrogen-bond donors (Lipinski definition) is 1. The van der Waals surface area contributed by atoms with Crippen LogP contribution in [0.3, 0.4) is 0 Å². The number of carbonyl (C=O) groups is 2. The highest BCUT2D eigenvalue weighted by Crippen LogP contribution is 2.17. The van der Waals surface area contributed by atoms with Gasteiger partial charge in [0.1, 0.15) is 5.82 Å². The van der Waals surface area contributed by atoms with Crippen LogP contribution in [0, 0.1) is 5.82 Å². The number of halogens is 1. The lowest BCUT2D eigenvalue weighted by atomic mass is 10.2. The van der Waals surface area contributed by atoms with E-state index < -0.39 is 11.9 Å². The molecule has 1 saturated heterocycles. The molecule has 150 valence electrons. The molecule has 2 amide bonds. The highest BCUT2D eigenvalue weighted by molar-refractivity contribution is 5.80. The second kappa shape index (κ2) is 10.2. The lowest BCUT2D eigenvalue weighted by Gasteiger charge is -2.36. The quantitative estimate of drug-likeness (QED) is 0.682. The topological polar surface area (TPSA) is 79.1 Å². The van der Waals surface area contributed by atoms with Crippen LogP contribution in [0.5, 0.6) is 0 Å². The van der Waals surface area contributed by atoms with Crippen LogP contribution in [-0.2, 0) is 14.3 Å². The summed E-state index contributed by atoms with van der Waals surface area (Å²) in [4.78, 5) is 29.9. The Bertz CT molecular complexity index is 618. The third-order valence-electron chi connectivity index (χ3n) is 4.98. The molecular formula is C19H29FN4O3. The smallest absolute Gasteiger partial charge is 0.234 e. The molecule has 1 unspecified atom stereocenters. The molecule has 2 N–H and O–H groups in total. The fraction of sp³-hybridized carbons (Fsp3) is 0.579. The van der Waals surface area contributed by atoms with E-state index >= 15 is 0 Å². The summed E-state index contributed by atoms with van der Waals surface area (Å²) in [5, 5.41) is 0. The van der Waals surface area contributed by atoms with E-state index in [4.69, 9.17) is 10.5 Å². The maximum atomic E-state index is 13.0. The number of hydrogen-bond acceptors (Lipinski definition) is 5. The van der Waals surface area contributed by atoms with Crippen molar-refractivity contribution in [2.45, 2.75) is 19.4 Å². The van der Waals surface area contributed by atoms with Crippen LogP contribution in [0.2, 0.25) is 0 Å². The highest BCUT2D eigenvalue weighted by atomic mass is 19.1. The fourth-order valence-corrected chi connectivity index (χ4v) is 3.15. The Balaban J connectivity index is 1.82. The SMILES string of the molecule is COCCN(CCC(=O)N1CCN(c2ccc(F)cc2)CC1)C(C)C(N)=O. The zero-order valence-corrected chi connectivity index (χ0v) is 16.1. The van der Waals surface area contributed by atoms with Gasteiger partial charge in [0.05, 0.1) is 12.6 Å². The van der Waals surface area contributed by atoms with Gasteiger partial charge in [0, 0.05) is 58.5 Å². The predicted molar refractivity (Wildman–Crippen MR) is 102 cm³/mol. The first-order chi connectivity index (χ1) is 12.9. The Morgan fingerprint density at radius 1 is 1.19 bits per heavy atom. The van der Waals surface area contributed by atoms with Crippen LogP contribution in [0.4, 0.5) is 10.1 Å². The maximum absolute atomic E-state index is 13.0. The van der Waals surface area contributed by atoms with Gasteiger partial charge in [-0.05, 0) is 31.2 Å². The van der Waals surface area contributed by atoms with E-state index in [2.05, 4.69) is 4.90 Å². The summed E-state index contributed by atoms with van der Waals surface area (Å²) in [6, 6.07) is 5.96. The molecule has 0 spiro atoms. The Kier molecular flexibility index (Phi) is 7.99. The van der Waals surface area contributed by atoms with Crippen molar-refractivity contribution >= 4 is 17.5 Å². The second-order valence-electron chi connectivity index (χ2n) is 6.70. The molecule has 27 heavy (non-hydrogen) atoms. The number of benzene rings is 1. The number of carbonyl (C=O) groups excluding carboxylic acids is 2. The molecule has 0 aromatic heterocycles. The van der Waals surface area contributed by atoms with Crippen molar-refractivity contribution in [2.24, 2.45) is 5.73 Å². The van der Waals surface area contributed by atoms with E-state index in [0.717, 1.165) is 5.69 Å². The molecular weight excluding hydrogens is 351 g/mol. The number of rotatable bonds is 9. The number of piperazine rings is 1. The molecule has 1 aliphatic heterocycles. The summed E-state index contributed by atoms with van der Waals surface area (Å²) in [5.74, 6) is -0.602. The number of nitrogens with zero attached hydrogens (tertiary/aromatic N) is 3. The normalized spacial score (nSPS) is 15.9. The van der Waals surface area contributed by atoms with E-state index in [9.17, 15) is 14.0 Å². The minimum atomic E-state index is -0.441. The maximum Gasteiger partial charge on any atom is 0.234 e. The van der Waals surface area contributed by atoms with Crippen molar-refractivity contribution < 1.29 is 18.7 Å². The van der Waals surface area contributed by atoms with Crippen molar-refractivity contribution in [1.82, 2.24) is 9.80 Å². The second-order valence-corrected chi connectivity index (χ2v) is 6.70. The molecule has 1 fully saturated rings. The van der Waals surface area contributed by atoms with Gasteiger partial charge >= 0.3 is 0 Å². The Morgan fingerprint density at radius 2 is 1.81 bits per heavy atom. The lowest BCUT2D eigenvalue weighted by molar-refractivity contribution is -0.133. The van der Waals surface area contributed by atoms with Crippen molar-refractivity contribution in [3.05, 3.63) is 30.1 Å². The van der Waals surface area contributed by atoms with Crippen LogP contribution < -0.4 is 10.6 Å². The largest absolute Gasteiger partial charge is 0.383 e. The standard InChI is InChI=1S/C19H29FN4O3/c1-15(19(21)26)22(13-14-27-2)8-7-18(25)24-11-9-23(10-12-24)17-5-3-16(20)4-6-17/h3-6,15H,7-14H2,1-2H3,(H2,21,26). The van der Waals surface area contributed by atoms with Crippen molar-refractivity contribution in [1.29, 1.82) is 0 Å². The van der Waals surface area contributed by atoms with Gasteiger partial charge in [-0.2, -0.15) is 0 Å². The Hall–Kier alpha value is -2.19. The summed E-state index contributed by atoms with van der Waals surface area (Å²) in [6.45, 7) is 5.90. The number of primary amides is 1. The van der Waals surface area contributed by atoms with Crippen LogP contribution in [0.15, 0.2) is 24.3 Å². The summed E-state index contributed by atoms with van der Waals surface area (Å²) in [5.41, 5.74) is 6.35. The zero-order valence-electron chi connectivity index (χ0n) is 16.1. The molecule has 0 saturated carbocycles. The summed E-state index contributed by atoms with van der Waals surface area (Å²) in [6.07, 6.45) is 0.331. The first-order valence-corrected chi connectivity index (χ1v) is 9.23. The summed E-state index contributed by atoms with van der Waals surface area (Å²) < 4.78 is 18.1. The molecule has 2 rings (SSSR count). The van der Waals surface area contributed by atoms with E-state index in [-0.39, 0.29) is 11.7 Å². The fourth-order valence-electron chi connectivity index (χ4n) is 3.15. The molecule has 1 aromatic carbocycles. The van der Waals surface area contributed by atoms with Crippen molar-refractivity contribution in [3.8, 4) is 0 Å². The van der Waals surface area contributed by atoms with E-state index in [1.807, 2.05) is 9.80 Å². The number of methoxy groups -OCH3 is 1. The Labute approximate surface area is 159 Å². The highest BCUT2D eigenvalue weighted by Gasteiger charge is 2.24. The van der Waals surface area contributed by atoms with Crippen LogP contribution >= 0.6 is 0 Å². The predicted octanol–water partition coefficient (Wildman–Crippen LogP) is 0.687. The van der Waals surface area contributed by atoms with Crippen LogP contribution in [0.25, 0.3) is 0 Å². The number of nitrogens with two attached hydrogens (primary N) is 1. The van der Waals surface area contributed by atoms with E-state index in [1.165, 1.54) is 12.1 Å². The van der Waals surface area contributed by atoms with Gasteiger partial charge in [0.15, 0.2) is 0 Å². The molecule has 1 aliphatic rings. The minimum absolute atomic E-state index is 0.0628. The van der Waals surface area contributed by atoms with Gasteiger partial charge in [-0.1, -0.05) is 0 Å². The molecule has 0 radical (unpaired) electrons. The molecule has 1 heterocycles. The van der Waals surface area contributed by atoms with E-state index in [0.29, 0.717) is 52.3 Å². The summed E-state index contributed by atoms with van der Waals surface area (Å²) in [7, 11) is 1.60. The van der Waals surface area contributed by atoms with Gasteiger partial charge in [0.25, 0.3) is 0 Å². The average Bonchev–Trinajstić information content (AvgIpc) is 2.68. The van der Waals surface area contributed by atoms with Crippen LogP contribution in [0.1, 0.15) is 13.3 Å². The molecule has 8 heteroatoms. The monoisotopic (exact) mass is 380 g/mol. The van der Waals surface area contributed by atoms with Gasteiger partial charge in [-0.3, -0.25) is 14.5 Å². The lowest BCUT2D eigenvalue weighted by Crippen LogP contribution is -2.50. The van der Waals surface area contributed by atoms with Crippen molar-refractivity contribution in [2.75, 3.05) is 57.9 Å². The molecule has 1 atom stereocenters. The van der Waals surface area contributed by atoms with Crippen molar-refractivity contribution in [3.63, 3.8) is 0 Å². The summed E-state index contributed by atoms with van der Waals surface area (Å²) >= 11 is 0. The zero-order chi connectivity index (χ0) is 19.8. The molecule has 7 nitrogen and oxygen atoms in total. The minimum Gasteiger partial charge on any atom is -0.383 e. The third-order valence-corrected chi connectivity index (χ3v) is 4.98. The first-order valence-electron chi connectivity index (χ1n) is 9.23. The van der Waals surface area contributed by atoms with E-state index in [1.54, 1.807) is 26.2 Å². The van der Waals surface area contributed by atoms with Gasteiger partial charge < -0.3 is 20.3 Å². The molecule has 0 bridgehead atoms.